The standard InChI is InChI=1S/C14H18N4O2/c1-4-12-15-13(17-16-12)14(19)18(2)9-10-6-5-7-11(8-10)20-3/h5-8H,4,9H2,1-3H3,(H,15,16,17). The lowest BCUT2D eigenvalue weighted by atomic mass is 10.2. The van der Waals surface area contributed by atoms with Crippen molar-refractivity contribution < 1.29 is 9.53 Å². The van der Waals surface area contributed by atoms with Gasteiger partial charge in [0.05, 0.1) is 7.11 Å². The molecule has 0 fully saturated rings. The second kappa shape index (κ2) is 6.18. The molecule has 0 unspecified atom stereocenters. The van der Waals surface area contributed by atoms with Crippen molar-refractivity contribution in [3.8, 4) is 5.75 Å². The molecule has 1 amide bonds. The summed E-state index contributed by atoms with van der Waals surface area (Å²) in [4.78, 5) is 17.9. The average molecular weight is 274 g/mol. The number of carbonyl (C=O) groups is 1. The number of nitrogens with one attached hydrogen (secondary N) is 1. The topological polar surface area (TPSA) is 71.1 Å². The molecule has 0 bridgehead atoms. The van der Waals surface area contributed by atoms with Crippen LogP contribution in [0.4, 0.5) is 0 Å². The summed E-state index contributed by atoms with van der Waals surface area (Å²) in [6.07, 6.45) is 0.722. The number of ether oxygens (including phenoxy) is 1. The van der Waals surface area contributed by atoms with Gasteiger partial charge >= 0.3 is 0 Å². The van der Waals surface area contributed by atoms with Crippen LogP contribution in [-0.4, -0.2) is 40.1 Å². The fourth-order valence-corrected chi connectivity index (χ4v) is 1.84. The first kappa shape index (κ1) is 14.0. The molecule has 6 nitrogen and oxygen atoms in total. The number of benzene rings is 1. The predicted octanol–water partition coefficient (Wildman–Crippen LogP) is 1.65. The fourth-order valence-electron chi connectivity index (χ4n) is 1.84. The van der Waals surface area contributed by atoms with Crippen molar-refractivity contribution >= 4 is 5.91 Å². The molecule has 0 saturated carbocycles. The molecular weight excluding hydrogens is 256 g/mol. The van der Waals surface area contributed by atoms with E-state index in [1.165, 1.54) is 0 Å². The number of aryl methyl sites for hydroxylation is 1. The summed E-state index contributed by atoms with van der Waals surface area (Å²) in [5.41, 5.74) is 0.992. The van der Waals surface area contributed by atoms with Gasteiger partial charge in [0.25, 0.3) is 5.91 Å². The van der Waals surface area contributed by atoms with Gasteiger partial charge in [-0.15, -0.1) is 5.10 Å². The van der Waals surface area contributed by atoms with E-state index in [1.807, 2.05) is 31.2 Å². The smallest absolute Gasteiger partial charge is 0.293 e. The van der Waals surface area contributed by atoms with Crippen LogP contribution < -0.4 is 4.74 Å². The van der Waals surface area contributed by atoms with E-state index < -0.39 is 0 Å². The van der Waals surface area contributed by atoms with E-state index in [2.05, 4.69) is 15.2 Å². The van der Waals surface area contributed by atoms with Crippen molar-refractivity contribution in [2.24, 2.45) is 0 Å². The number of H-pyrrole nitrogens is 1. The molecular formula is C14H18N4O2. The Morgan fingerprint density at radius 2 is 2.25 bits per heavy atom. The third-order valence-corrected chi connectivity index (χ3v) is 2.96. The normalized spacial score (nSPS) is 10.3. The SMILES string of the molecule is CCc1nc(C(=O)N(C)Cc2cccc(OC)c2)n[nH]1. The molecule has 1 aromatic heterocycles. The Kier molecular flexibility index (Phi) is 4.34. The van der Waals surface area contributed by atoms with Crippen LogP contribution in [0.5, 0.6) is 5.75 Å². The van der Waals surface area contributed by atoms with Gasteiger partial charge in [-0.2, -0.15) is 0 Å². The van der Waals surface area contributed by atoms with Crippen molar-refractivity contribution in [1.82, 2.24) is 20.1 Å². The minimum Gasteiger partial charge on any atom is -0.497 e. The van der Waals surface area contributed by atoms with Crippen LogP contribution in [-0.2, 0) is 13.0 Å². The summed E-state index contributed by atoms with van der Waals surface area (Å²) >= 11 is 0. The molecule has 0 aliphatic rings. The van der Waals surface area contributed by atoms with E-state index in [4.69, 9.17) is 4.74 Å². The number of rotatable bonds is 5. The number of methoxy groups -OCH3 is 1. The lowest BCUT2D eigenvalue weighted by Gasteiger charge is -2.15. The fraction of sp³-hybridized carbons (Fsp3) is 0.357. The van der Waals surface area contributed by atoms with Crippen molar-refractivity contribution in [2.45, 2.75) is 19.9 Å². The van der Waals surface area contributed by atoms with Gasteiger partial charge in [0.2, 0.25) is 5.82 Å². The van der Waals surface area contributed by atoms with Gasteiger partial charge in [-0.3, -0.25) is 9.89 Å². The lowest BCUT2D eigenvalue weighted by molar-refractivity contribution is 0.0773. The molecule has 20 heavy (non-hydrogen) atoms. The van der Waals surface area contributed by atoms with Crippen LogP contribution >= 0.6 is 0 Å². The molecule has 0 aliphatic carbocycles. The van der Waals surface area contributed by atoms with E-state index in [0.717, 1.165) is 17.7 Å². The van der Waals surface area contributed by atoms with Crippen molar-refractivity contribution in [2.75, 3.05) is 14.2 Å². The highest BCUT2D eigenvalue weighted by Crippen LogP contribution is 2.14. The monoisotopic (exact) mass is 274 g/mol. The molecule has 2 aromatic rings. The molecule has 0 saturated heterocycles. The van der Waals surface area contributed by atoms with Crippen LogP contribution in [0.2, 0.25) is 0 Å². The molecule has 1 aromatic carbocycles. The van der Waals surface area contributed by atoms with Crippen LogP contribution in [0.25, 0.3) is 0 Å². The van der Waals surface area contributed by atoms with Gasteiger partial charge in [0.15, 0.2) is 0 Å². The molecule has 2 rings (SSSR count). The molecule has 0 aliphatic heterocycles. The molecule has 106 valence electrons. The average Bonchev–Trinajstić information content (AvgIpc) is 2.95. The zero-order chi connectivity index (χ0) is 14.5. The van der Waals surface area contributed by atoms with E-state index in [0.29, 0.717) is 12.4 Å². The predicted molar refractivity (Wildman–Crippen MR) is 74.6 cm³/mol. The molecule has 0 spiro atoms. The van der Waals surface area contributed by atoms with E-state index in [1.54, 1.807) is 19.1 Å². The maximum Gasteiger partial charge on any atom is 0.293 e. The Hall–Kier alpha value is -2.37. The Bertz CT molecular complexity index is 594. The summed E-state index contributed by atoms with van der Waals surface area (Å²) in [6, 6.07) is 7.61. The minimum absolute atomic E-state index is 0.201. The quantitative estimate of drug-likeness (QED) is 0.900. The highest BCUT2D eigenvalue weighted by Gasteiger charge is 2.17. The van der Waals surface area contributed by atoms with Crippen molar-refractivity contribution in [3.05, 3.63) is 41.5 Å². The number of carbonyl (C=O) groups excluding carboxylic acids is 1. The first-order valence-corrected chi connectivity index (χ1v) is 6.43. The van der Waals surface area contributed by atoms with Crippen LogP contribution in [0.1, 0.15) is 28.9 Å². The molecule has 0 radical (unpaired) electrons. The summed E-state index contributed by atoms with van der Waals surface area (Å²) in [5, 5.41) is 6.68. The molecule has 6 heteroatoms. The first-order valence-electron chi connectivity index (χ1n) is 6.43. The van der Waals surface area contributed by atoms with Crippen molar-refractivity contribution in [1.29, 1.82) is 0 Å². The number of nitrogens with zero attached hydrogens (tertiary/aromatic N) is 3. The van der Waals surface area contributed by atoms with Crippen LogP contribution in [0, 0.1) is 0 Å². The number of hydrogen-bond donors (Lipinski definition) is 1. The van der Waals surface area contributed by atoms with Crippen LogP contribution in [0.3, 0.4) is 0 Å². The van der Waals surface area contributed by atoms with Crippen LogP contribution in [0.15, 0.2) is 24.3 Å². The Balaban J connectivity index is 2.06. The van der Waals surface area contributed by atoms with Gasteiger partial charge in [0.1, 0.15) is 11.6 Å². The largest absolute Gasteiger partial charge is 0.497 e. The highest BCUT2D eigenvalue weighted by molar-refractivity contribution is 5.90. The zero-order valence-electron chi connectivity index (χ0n) is 11.9. The Labute approximate surface area is 117 Å². The van der Waals surface area contributed by atoms with Gasteiger partial charge in [-0.25, -0.2) is 4.98 Å². The van der Waals surface area contributed by atoms with E-state index in [-0.39, 0.29) is 11.7 Å². The Morgan fingerprint density at radius 3 is 2.90 bits per heavy atom. The summed E-state index contributed by atoms with van der Waals surface area (Å²) in [7, 11) is 3.34. The molecule has 1 N–H and O–H groups in total. The number of hydrogen-bond acceptors (Lipinski definition) is 4. The van der Waals surface area contributed by atoms with E-state index >= 15 is 0 Å². The van der Waals surface area contributed by atoms with Gasteiger partial charge < -0.3 is 9.64 Å². The second-order valence-corrected chi connectivity index (χ2v) is 4.47. The molecule has 0 atom stereocenters. The first-order chi connectivity index (χ1) is 9.63. The number of aromatic nitrogens is 3. The van der Waals surface area contributed by atoms with E-state index in [9.17, 15) is 4.79 Å². The summed E-state index contributed by atoms with van der Waals surface area (Å²) in [5.74, 6) is 1.48. The molecule has 1 heterocycles. The third-order valence-electron chi connectivity index (χ3n) is 2.96. The summed E-state index contributed by atoms with van der Waals surface area (Å²) < 4.78 is 5.17. The van der Waals surface area contributed by atoms with Gasteiger partial charge in [-0.05, 0) is 17.7 Å². The zero-order valence-corrected chi connectivity index (χ0v) is 11.9. The Morgan fingerprint density at radius 1 is 1.45 bits per heavy atom. The van der Waals surface area contributed by atoms with Gasteiger partial charge in [0, 0.05) is 20.0 Å². The van der Waals surface area contributed by atoms with Gasteiger partial charge in [-0.1, -0.05) is 19.1 Å². The highest BCUT2D eigenvalue weighted by atomic mass is 16.5. The van der Waals surface area contributed by atoms with Crippen molar-refractivity contribution in [3.63, 3.8) is 0 Å². The number of amides is 1. The lowest BCUT2D eigenvalue weighted by Crippen LogP contribution is -2.27. The maximum atomic E-state index is 12.2. The third kappa shape index (κ3) is 3.14. The minimum atomic E-state index is -0.205. The second-order valence-electron chi connectivity index (χ2n) is 4.47. The maximum absolute atomic E-state index is 12.2. The summed E-state index contributed by atoms with van der Waals surface area (Å²) in [6.45, 7) is 2.43. The number of aromatic amines is 1.